The van der Waals surface area contributed by atoms with Crippen molar-refractivity contribution in [1.29, 1.82) is 0 Å². The Bertz CT molecular complexity index is 771. The topological polar surface area (TPSA) is 50.8 Å². The molecule has 5 nitrogen and oxygen atoms in total. The number of nitrogens with one attached hydrogen (secondary N) is 1. The molecule has 0 saturated carbocycles. The van der Waals surface area contributed by atoms with Crippen LogP contribution in [0.3, 0.4) is 0 Å². The molecule has 0 aliphatic carbocycles. The fraction of sp³-hybridized carbons (Fsp3) is 0.350. The summed E-state index contributed by atoms with van der Waals surface area (Å²) in [5.41, 5.74) is 3.93. The highest BCUT2D eigenvalue weighted by atomic mass is 35.5. The van der Waals surface area contributed by atoms with Crippen LogP contribution in [-0.4, -0.2) is 37.3 Å². The van der Waals surface area contributed by atoms with Gasteiger partial charge in [0, 0.05) is 30.3 Å². The molecule has 0 bridgehead atoms. The number of halogens is 1. The minimum Gasteiger partial charge on any atom is -0.410 e. The van der Waals surface area contributed by atoms with Crippen LogP contribution in [0.1, 0.15) is 16.7 Å². The van der Waals surface area contributed by atoms with Gasteiger partial charge in [0.25, 0.3) is 0 Å². The number of ether oxygens (including phenoxy) is 2. The van der Waals surface area contributed by atoms with Gasteiger partial charge < -0.3 is 9.47 Å². The average Bonchev–Trinajstić information content (AvgIpc) is 2.62. The molecule has 1 aliphatic rings. The molecule has 0 aromatic heterocycles. The van der Waals surface area contributed by atoms with Crippen LogP contribution < -0.4 is 10.1 Å². The van der Waals surface area contributed by atoms with Gasteiger partial charge in [0.1, 0.15) is 5.75 Å². The molecule has 1 saturated heterocycles. The molecule has 1 fully saturated rings. The summed E-state index contributed by atoms with van der Waals surface area (Å²) < 4.78 is 10.9. The Kier molecular flexibility index (Phi) is 6.14. The van der Waals surface area contributed by atoms with E-state index in [9.17, 15) is 4.79 Å². The zero-order chi connectivity index (χ0) is 18.5. The number of carbonyl (C=O) groups excluding carboxylic acids is 1. The van der Waals surface area contributed by atoms with Gasteiger partial charge in [-0.25, -0.2) is 4.79 Å². The number of rotatable bonds is 4. The van der Waals surface area contributed by atoms with Crippen LogP contribution in [0, 0.1) is 13.8 Å². The van der Waals surface area contributed by atoms with E-state index in [0.717, 1.165) is 44.0 Å². The van der Waals surface area contributed by atoms with E-state index in [4.69, 9.17) is 21.1 Å². The van der Waals surface area contributed by atoms with E-state index in [0.29, 0.717) is 16.5 Å². The van der Waals surface area contributed by atoms with E-state index in [1.54, 1.807) is 24.3 Å². The summed E-state index contributed by atoms with van der Waals surface area (Å²) in [6.45, 7) is 8.33. The van der Waals surface area contributed by atoms with Crippen LogP contribution in [0.4, 0.5) is 10.5 Å². The minimum absolute atomic E-state index is 0.518. The van der Waals surface area contributed by atoms with Gasteiger partial charge in [-0.2, -0.15) is 0 Å². The number of anilines is 1. The second-order valence-corrected chi connectivity index (χ2v) is 6.89. The molecule has 1 aliphatic heterocycles. The molecule has 2 aromatic rings. The van der Waals surface area contributed by atoms with E-state index in [2.05, 4.69) is 16.3 Å². The summed E-state index contributed by atoms with van der Waals surface area (Å²) in [7, 11) is 0. The Morgan fingerprint density at radius 2 is 1.85 bits per heavy atom. The van der Waals surface area contributed by atoms with Crippen molar-refractivity contribution in [3.8, 4) is 5.75 Å². The molecule has 3 rings (SSSR count). The summed E-state index contributed by atoms with van der Waals surface area (Å²) in [5.74, 6) is 0.569. The molecule has 1 amide bonds. The third-order valence-corrected chi connectivity index (χ3v) is 4.68. The van der Waals surface area contributed by atoms with Crippen LogP contribution in [-0.2, 0) is 11.3 Å². The minimum atomic E-state index is -0.518. The van der Waals surface area contributed by atoms with Gasteiger partial charge in [-0.15, -0.1) is 0 Å². The van der Waals surface area contributed by atoms with Crippen molar-refractivity contribution < 1.29 is 14.3 Å². The van der Waals surface area contributed by atoms with E-state index in [1.807, 2.05) is 19.9 Å². The number of amides is 1. The molecular weight excluding hydrogens is 352 g/mol. The van der Waals surface area contributed by atoms with Crippen molar-refractivity contribution in [2.45, 2.75) is 20.4 Å². The first-order chi connectivity index (χ1) is 12.5. The molecule has 0 atom stereocenters. The smallest absolute Gasteiger partial charge is 0.410 e. The highest BCUT2D eigenvalue weighted by Crippen LogP contribution is 2.25. The lowest BCUT2D eigenvalue weighted by molar-refractivity contribution is 0.0341. The molecule has 1 heterocycles. The molecule has 2 aromatic carbocycles. The summed E-state index contributed by atoms with van der Waals surface area (Å²) in [5, 5.41) is 3.32. The first-order valence-electron chi connectivity index (χ1n) is 8.66. The molecule has 1 N–H and O–H groups in total. The Morgan fingerprint density at radius 3 is 2.54 bits per heavy atom. The van der Waals surface area contributed by atoms with Gasteiger partial charge in [-0.05, 0) is 60.9 Å². The Labute approximate surface area is 158 Å². The third-order valence-electron chi connectivity index (χ3n) is 4.42. The van der Waals surface area contributed by atoms with E-state index in [1.165, 1.54) is 5.56 Å². The maximum absolute atomic E-state index is 12.1. The first-order valence-corrected chi connectivity index (χ1v) is 9.03. The van der Waals surface area contributed by atoms with Crippen molar-refractivity contribution in [2.75, 3.05) is 31.6 Å². The number of benzene rings is 2. The summed E-state index contributed by atoms with van der Waals surface area (Å²) in [6, 6.07) is 10.9. The van der Waals surface area contributed by atoms with Gasteiger partial charge in [0.15, 0.2) is 0 Å². The molecule has 6 heteroatoms. The van der Waals surface area contributed by atoms with E-state index >= 15 is 0 Å². The lowest BCUT2D eigenvalue weighted by Crippen LogP contribution is -2.35. The molecule has 138 valence electrons. The molecule has 0 unspecified atom stereocenters. The number of hydrogen-bond donors (Lipinski definition) is 1. The van der Waals surface area contributed by atoms with Gasteiger partial charge in [-0.1, -0.05) is 17.7 Å². The normalized spacial score (nSPS) is 14.9. The highest BCUT2D eigenvalue weighted by Gasteiger charge is 2.15. The van der Waals surface area contributed by atoms with Gasteiger partial charge in [0.05, 0.1) is 13.2 Å². The quantitative estimate of drug-likeness (QED) is 0.861. The Morgan fingerprint density at radius 1 is 1.15 bits per heavy atom. The molecule has 0 radical (unpaired) electrons. The molecule has 26 heavy (non-hydrogen) atoms. The first kappa shape index (κ1) is 18.7. The van der Waals surface area contributed by atoms with Crippen LogP contribution >= 0.6 is 11.6 Å². The average molecular weight is 375 g/mol. The number of morpholine rings is 1. The summed E-state index contributed by atoms with van der Waals surface area (Å²) in [4.78, 5) is 14.5. The van der Waals surface area contributed by atoms with E-state index in [-0.39, 0.29) is 0 Å². The van der Waals surface area contributed by atoms with Crippen molar-refractivity contribution in [2.24, 2.45) is 0 Å². The maximum atomic E-state index is 12.1. The Hall–Kier alpha value is -2.08. The van der Waals surface area contributed by atoms with Crippen molar-refractivity contribution in [1.82, 2.24) is 4.90 Å². The number of hydrogen-bond acceptors (Lipinski definition) is 4. The lowest BCUT2D eigenvalue weighted by Gasteiger charge is -2.27. The second kappa shape index (κ2) is 8.54. The predicted molar refractivity (Wildman–Crippen MR) is 103 cm³/mol. The zero-order valence-corrected chi connectivity index (χ0v) is 15.8. The summed E-state index contributed by atoms with van der Waals surface area (Å²) >= 11 is 5.85. The largest absolute Gasteiger partial charge is 0.417 e. The Balaban J connectivity index is 1.65. The van der Waals surface area contributed by atoms with Crippen molar-refractivity contribution in [3.63, 3.8) is 0 Å². The summed E-state index contributed by atoms with van der Waals surface area (Å²) in [6.07, 6.45) is -0.518. The zero-order valence-electron chi connectivity index (χ0n) is 15.0. The van der Waals surface area contributed by atoms with Gasteiger partial charge in [-0.3, -0.25) is 10.2 Å². The number of nitrogens with zero attached hydrogens (tertiary/aromatic N) is 1. The van der Waals surface area contributed by atoms with Gasteiger partial charge in [0.2, 0.25) is 0 Å². The van der Waals surface area contributed by atoms with Gasteiger partial charge >= 0.3 is 6.09 Å². The standard InChI is InChI=1S/C20H23ClN2O3/c1-14-12-19(26-20(24)22-18-5-3-17(21)4-6-18)15(2)11-16(14)13-23-7-9-25-10-8-23/h3-6,11-12H,7-10,13H2,1-2H3,(H,22,24). The fourth-order valence-electron chi connectivity index (χ4n) is 2.91. The monoisotopic (exact) mass is 374 g/mol. The highest BCUT2D eigenvalue weighted by molar-refractivity contribution is 6.30. The van der Waals surface area contributed by atoms with Crippen molar-refractivity contribution >= 4 is 23.4 Å². The maximum Gasteiger partial charge on any atom is 0.417 e. The molecular formula is C20H23ClN2O3. The van der Waals surface area contributed by atoms with Crippen LogP contribution in [0.15, 0.2) is 36.4 Å². The lowest BCUT2D eigenvalue weighted by atomic mass is 10.0. The van der Waals surface area contributed by atoms with Crippen molar-refractivity contribution in [3.05, 3.63) is 58.1 Å². The number of carbonyl (C=O) groups is 1. The van der Waals surface area contributed by atoms with Crippen LogP contribution in [0.25, 0.3) is 0 Å². The van der Waals surface area contributed by atoms with E-state index < -0.39 is 6.09 Å². The molecule has 0 spiro atoms. The van der Waals surface area contributed by atoms with Crippen LogP contribution in [0.2, 0.25) is 5.02 Å². The predicted octanol–water partition coefficient (Wildman–Crippen LogP) is 4.40. The fourth-order valence-corrected chi connectivity index (χ4v) is 3.03. The second-order valence-electron chi connectivity index (χ2n) is 6.45. The third kappa shape index (κ3) is 4.97. The SMILES string of the molecule is Cc1cc(OC(=O)Nc2ccc(Cl)cc2)c(C)cc1CN1CCOCC1. The van der Waals surface area contributed by atoms with Crippen LogP contribution in [0.5, 0.6) is 5.75 Å². The number of aryl methyl sites for hydroxylation is 2.